The van der Waals surface area contributed by atoms with Crippen LogP contribution in [0.2, 0.25) is 0 Å². The molecule has 0 fully saturated rings. The van der Waals surface area contributed by atoms with Gasteiger partial charge in [0.2, 0.25) is 10.0 Å². The summed E-state index contributed by atoms with van der Waals surface area (Å²) < 4.78 is 42.1. The third kappa shape index (κ3) is 5.58. The van der Waals surface area contributed by atoms with Crippen molar-refractivity contribution in [1.29, 1.82) is 0 Å². The normalized spacial score (nSPS) is 11.6. The molecule has 0 aliphatic heterocycles. The van der Waals surface area contributed by atoms with E-state index in [1.165, 1.54) is 18.2 Å². The second-order valence-electron chi connectivity index (χ2n) is 6.67. The van der Waals surface area contributed by atoms with E-state index < -0.39 is 21.6 Å². The Hall–Kier alpha value is -2.85. The first-order valence-corrected chi connectivity index (χ1v) is 10.7. The molecule has 0 amide bonds. The highest BCUT2D eigenvalue weighted by molar-refractivity contribution is 7.88. The molecule has 1 aromatic carbocycles. The Labute approximate surface area is 169 Å². The number of halogens is 1. The summed E-state index contributed by atoms with van der Waals surface area (Å²) in [6.07, 6.45) is 0. The molecule has 0 bridgehead atoms. The zero-order valence-corrected chi connectivity index (χ0v) is 17.3. The van der Waals surface area contributed by atoms with E-state index in [4.69, 9.17) is 0 Å². The number of sulfonamides is 1. The van der Waals surface area contributed by atoms with E-state index >= 15 is 0 Å². The number of anilines is 1. The molecule has 29 heavy (non-hydrogen) atoms. The maximum absolute atomic E-state index is 13.6. The van der Waals surface area contributed by atoms with Gasteiger partial charge >= 0.3 is 0 Å². The lowest BCUT2D eigenvalue weighted by molar-refractivity contribution is 0.575. The molecule has 0 aliphatic rings. The van der Waals surface area contributed by atoms with Crippen LogP contribution < -0.4 is 10.0 Å². The number of aryl methyl sites for hydroxylation is 3. The minimum atomic E-state index is -3.65. The minimum Gasteiger partial charge on any atom is -0.369 e. The standard InChI is InChI=1S/C19H23FN6O2S/c1-13-10-14(2)26(25-13)19-11-18(23-15(3)24-19)21-8-9-22-29(27,28)12-16-6-4-5-7-17(16)20/h4-7,10-11,22H,8-9,12H2,1-3H3,(H,21,23,24). The van der Waals surface area contributed by atoms with E-state index in [-0.39, 0.29) is 12.1 Å². The Morgan fingerprint density at radius 3 is 2.52 bits per heavy atom. The average Bonchev–Trinajstić information content (AvgIpc) is 2.98. The Kier molecular flexibility index (Phi) is 6.23. The van der Waals surface area contributed by atoms with Crippen molar-refractivity contribution in [2.24, 2.45) is 0 Å². The zero-order chi connectivity index (χ0) is 21.0. The van der Waals surface area contributed by atoms with Crippen LogP contribution in [-0.2, 0) is 15.8 Å². The first-order valence-electron chi connectivity index (χ1n) is 9.07. The quantitative estimate of drug-likeness (QED) is 0.544. The van der Waals surface area contributed by atoms with Gasteiger partial charge in [0.05, 0.1) is 11.4 Å². The molecular weight excluding hydrogens is 395 g/mol. The van der Waals surface area contributed by atoms with Crippen molar-refractivity contribution in [1.82, 2.24) is 24.5 Å². The Morgan fingerprint density at radius 1 is 1.07 bits per heavy atom. The van der Waals surface area contributed by atoms with Gasteiger partial charge in [0.1, 0.15) is 17.5 Å². The van der Waals surface area contributed by atoms with Gasteiger partial charge in [-0.3, -0.25) is 0 Å². The fourth-order valence-corrected chi connectivity index (χ4v) is 4.04. The van der Waals surface area contributed by atoms with Crippen LogP contribution in [0.5, 0.6) is 0 Å². The summed E-state index contributed by atoms with van der Waals surface area (Å²) in [6.45, 7) is 6.06. The van der Waals surface area contributed by atoms with Gasteiger partial charge in [0.15, 0.2) is 5.82 Å². The van der Waals surface area contributed by atoms with Gasteiger partial charge in [-0.15, -0.1) is 0 Å². The SMILES string of the molecule is Cc1cc(C)n(-c2cc(NCCNS(=O)(=O)Cc3ccccc3F)nc(C)n2)n1. The van der Waals surface area contributed by atoms with Crippen LogP contribution in [0.3, 0.4) is 0 Å². The first kappa shape index (κ1) is 20.9. The molecule has 154 valence electrons. The van der Waals surface area contributed by atoms with E-state index in [2.05, 4.69) is 25.1 Å². The number of benzene rings is 1. The number of nitrogens with zero attached hydrogens (tertiary/aromatic N) is 4. The molecule has 3 aromatic rings. The van der Waals surface area contributed by atoms with E-state index in [1.54, 1.807) is 23.7 Å². The van der Waals surface area contributed by atoms with Crippen LogP contribution >= 0.6 is 0 Å². The molecule has 0 spiro atoms. The lowest BCUT2D eigenvalue weighted by Crippen LogP contribution is -2.30. The average molecular weight is 418 g/mol. The highest BCUT2D eigenvalue weighted by Gasteiger charge is 2.14. The summed E-state index contributed by atoms with van der Waals surface area (Å²) in [5.74, 6) is 0.815. The molecule has 2 N–H and O–H groups in total. The molecule has 0 saturated heterocycles. The number of nitrogens with one attached hydrogen (secondary N) is 2. The van der Waals surface area contributed by atoms with Gasteiger partial charge in [-0.05, 0) is 32.9 Å². The molecule has 0 radical (unpaired) electrons. The van der Waals surface area contributed by atoms with Crippen molar-refractivity contribution in [2.75, 3.05) is 18.4 Å². The van der Waals surface area contributed by atoms with E-state index in [1.807, 2.05) is 19.9 Å². The number of aromatic nitrogens is 4. The Balaban J connectivity index is 1.59. The van der Waals surface area contributed by atoms with Crippen molar-refractivity contribution < 1.29 is 12.8 Å². The molecule has 0 aliphatic carbocycles. The molecule has 3 rings (SSSR count). The predicted octanol–water partition coefficient (Wildman–Crippen LogP) is 2.26. The van der Waals surface area contributed by atoms with E-state index in [0.717, 1.165) is 11.4 Å². The summed E-state index contributed by atoms with van der Waals surface area (Å²) in [5.41, 5.74) is 1.97. The van der Waals surface area contributed by atoms with Gasteiger partial charge in [-0.25, -0.2) is 32.2 Å². The topological polar surface area (TPSA) is 102 Å². The maximum atomic E-state index is 13.6. The second-order valence-corrected chi connectivity index (χ2v) is 8.48. The maximum Gasteiger partial charge on any atom is 0.215 e. The smallest absolute Gasteiger partial charge is 0.215 e. The third-order valence-corrected chi connectivity index (χ3v) is 5.44. The van der Waals surface area contributed by atoms with Crippen LogP contribution in [0, 0.1) is 26.6 Å². The fraction of sp³-hybridized carbons (Fsp3) is 0.316. The minimum absolute atomic E-state index is 0.133. The summed E-state index contributed by atoms with van der Waals surface area (Å²) >= 11 is 0. The van der Waals surface area contributed by atoms with Crippen molar-refractivity contribution in [3.05, 3.63) is 65.0 Å². The fourth-order valence-electron chi connectivity index (χ4n) is 2.88. The first-order chi connectivity index (χ1) is 13.7. The Morgan fingerprint density at radius 2 is 1.83 bits per heavy atom. The molecular formula is C19H23FN6O2S. The monoisotopic (exact) mass is 418 g/mol. The van der Waals surface area contributed by atoms with Crippen LogP contribution in [0.4, 0.5) is 10.2 Å². The number of rotatable bonds is 8. The second kappa shape index (κ2) is 8.66. The molecule has 10 heteroatoms. The highest BCUT2D eigenvalue weighted by Crippen LogP contribution is 2.14. The van der Waals surface area contributed by atoms with Crippen molar-refractivity contribution in [3.63, 3.8) is 0 Å². The van der Waals surface area contributed by atoms with E-state index in [0.29, 0.717) is 24.0 Å². The Bertz CT molecular complexity index is 1110. The molecule has 2 aromatic heterocycles. The molecule has 0 saturated carbocycles. The van der Waals surface area contributed by atoms with Gasteiger partial charge in [-0.2, -0.15) is 5.10 Å². The summed E-state index contributed by atoms with van der Waals surface area (Å²) in [6, 6.07) is 9.52. The molecule has 0 atom stereocenters. The van der Waals surface area contributed by atoms with Gasteiger partial charge in [0.25, 0.3) is 0 Å². The zero-order valence-electron chi connectivity index (χ0n) is 16.5. The number of hydrogen-bond donors (Lipinski definition) is 2. The lowest BCUT2D eigenvalue weighted by atomic mass is 10.2. The molecule has 8 nitrogen and oxygen atoms in total. The number of hydrogen-bond acceptors (Lipinski definition) is 6. The molecule has 0 unspecified atom stereocenters. The summed E-state index contributed by atoms with van der Waals surface area (Å²) in [4.78, 5) is 8.72. The van der Waals surface area contributed by atoms with Crippen LogP contribution in [0.1, 0.15) is 22.8 Å². The van der Waals surface area contributed by atoms with Crippen LogP contribution in [-0.4, -0.2) is 41.3 Å². The van der Waals surface area contributed by atoms with Crippen molar-refractivity contribution >= 4 is 15.8 Å². The predicted molar refractivity (Wildman–Crippen MR) is 109 cm³/mol. The lowest BCUT2D eigenvalue weighted by Gasteiger charge is -2.11. The summed E-state index contributed by atoms with van der Waals surface area (Å²) in [7, 11) is -3.65. The largest absolute Gasteiger partial charge is 0.369 e. The van der Waals surface area contributed by atoms with Gasteiger partial charge in [0, 0.05) is 30.4 Å². The van der Waals surface area contributed by atoms with Gasteiger partial charge < -0.3 is 5.32 Å². The van der Waals surface area contributed by atoms with Crippen LogP contribution in [0.15, 0.2) is 36.4 Å². The van der Waals surface area contributed by atoms with Crippen molar-refractivity contribution in [2.45, 2.75) is 26.5 Å². The van der Waals surface area contributed by atoms with Crippen LogP contribution in [0.25, 0.3) is 5.82 Å². The van der Waals surface area contributed by atoms with E-state index in [9.17, 15) is 12.8 Å². The third-order valence-electron chi connectivity index (χ3n) is 4.11. The molecule has 2 heterocycles. The highest BCUT2D eigenvalue weighted by atomic mass is 32.2. The summed E-state index contributed by atoms with van der Waals surface area (Å²) in [5, 5.41) is 7.49. The van der Waals surface area contributed by atoms with Gasteiger partial charge in [-0.1, -0.05) is 18.2 Å². The van der Waals surface area contributed by atoms with Crippen molar-refractivity contribution in [3.8, 4) is 5.82 Å².